The molecule has 1 aromatic heterocycles. The number of hydrogen-bond donors (Lipinski definition) is 0. The molecule has 0 spiro atoms. The van der Waals surface area contributed by atoms with Crippen molar-refractivity contribution in [1.82, 2.24) is 4.98 Å². The van der Waals surface area contributed by atoms with E-state index in [0.29, 0.717) is 17.0 Å². The van der Waals surface area contributed by atoms with Crippen molar-refractivity contribution >= 4 is 5.78 Å². The van der Waals surface area contributed by atoms with E-state index < -0.39 is 0 Å². The van der Waals surface area contributed by atoms with Crippen LogP contribution < -0.4 is 4.74 Å². The number of carbonyl (C=O) groups is 1. The second kappa shape index (κ2) is 6.13. The molecule has 3 heteroatoms. The Kier molecular flexibility index (Phi) is 5.53. The summed E-state index contributed by atoms with van der Waals surface area (Å²) >= 11 is 0. The number of nitrogens with zero attached hydrogens (tertiary/aromatic N) is 1. The SMILES string of the molecule is CC.COc1ccnc(C)c1C(C)=O. The Morgan fingerprint density at radius 2 is 2.00 bits per heavy atom. The molecule has 0 amide bonds. The number of carbonyl (C=O) groups excluding carboxylic acids is 1. The molecule has 0 bridgehead atoms. The highest BCUT2D eigenvalue weighted by Gasteiger charge is 2.10. The van der Waals surface area contributed by atoms with Crippen LogP contribution in [0.25, 0.3) is 0 Å². The highest BCUT2D eigenvalue weighted by Crippen LogP contribution is 2.19. The lowest BCUT2D eigenvalue weighted by Crippen LogP contribution is -2.01. The Labute approximate surface area is 85.1 Å². The van der Waals surface area contributed by atoms with Gasteiger partial charge >= 0.3 is 0 Å². The zero-order valence-corrected chi connectivity index (χ0v) is 9.42. The molecule has 1 rings (SSSR count). The number of hydrogen-bond acceptors (Lipinski definition) is 3. The van der Waals surface area contributed by atoms with Gasteiger partial charge in [-0.1, -0.05) is 13.8 Å². The summed E-state index contributed by atoms with van der Waals surface area (Å²) in [6, 6.07) is 1.68. The molecule has 0 saturated carbocycles. The number of aryl methyl sites for hydroxylation is 1. The van der Waals surface area contributed by atoms with Gasteiger partial charge in [0.2, 0.25) is 0 Å². The molecule has 0 fully saturated rings. The first-order chi connectivity index (χ1) is 6.66. The van der Waals surface area contributed by atoms with Crippen molar-refractivity contribution in [3.63, 3.8) is 0 Å². The standard InChI is InChI=1S/C9H11NO2.C2H6/c1-6-9(7(2)11)8(12-3)4-5-10-6;1-2/h4-5H,1-3H3;1-2H3. The molecule has 0 N–H and O–H groups in total. The maximum Gasteiger partial charge on any atom is 0.165 e. The second-order valence-electron chi connectivity index (χ2n) is 2.53. The maximum absolute atomic E-state index is 11.1. The minimum absolute atomic E-state index is 0.0162. The van der Waals surface area contributed by atoms with Gasteiger partial charge in [-0.05, 0) is 19.9 Å². The summed E-state index contributed by atoms with van der Waals surface area (Å²) in [4.78, 5) is 15.1. The van der Waals surface area contributed by atoms with Crippen molar-refractivity contribution < 1.29 is 9.53 Å². The van der Waals surface area contributed by atoms with Gasteiger partial charge in [-0.25, -0.2) is 0 Å². The third-order valence-electron chi connectivity index (χ3n) is 1.67. The van der Waals surface area contributed by atoms with E-state index in [1.54, 1.807) is 26.3 Å². The summed E-state index contributed by atoms with van der Waals surface area (Å²) in [5.74, 6) is 0.576. The minimum atomic E-state index is -0.0162. The van der Waals surface area contributed by atoms with Crippen LogP contribution in [0, 0.1) is 6.92 Å². The molecule has 0 aliphatic heterocycles. The van der Waals surface area contributed by atoms with Crippen LogP contribution >= 0.6 is 0 Å². The second-order valence-corrected chi connectivity index (χ2v) is 2.53. The van der Waals surface area contributed by atoms with Crippen LogP contribution in [0.15, 0.2) is 12.3 Å². The summed E-state index contributed by atoms with van der Waals surface area (Å²) in [5.41, 5.74) is 1.28. The summed E-state index contributed by atoms with van der Waals surface area (Å²) in [6.07, 6.45) is 1.63. The van der Waals surface area contributed by atoms with Gasteiger partial charge in [0.1, 0.15) is 5.75 Å². The highest BCUT2D eigenvalue weighted by molar-refractivity contribution is 5.97. The number of methoxy groups -OCH3 is 1. The third-order valence-corrected chi connectivity index (χ3v) is 1.67. The van der Waals surface area contributed by atoms with E-state index in [2.05, 4.69) is 4.98 Å². The van der Waals surface area contributed by atoms with Crippen LogP contribution in [-0.4, -0.2) is 17.9 Å². The molecule has 1 aromatic rings. The fourth-order valence-corrected chi connectivity index (χ4v) is 1.14. The van der Waals surface area contributed by atoms with Crippen LogP contribution in [-0.2, 0) is 0 Å². The topological polar surface area (TPSA) is 39.2 Å². The Balaban J connectivity index is 0.000000791. The fourth-order valence-electron chi connectivity index (χ4n) is 1.14. The number of rotatable bonds is 2. The van der Waals surface area contributed by atoms with Gasteiger partial charge in [0, 0.05) is 6.20 Å². The van der Waals surface area contributed by atoms with Crippen molar-refractivity contribution in [3.05, 3.63) is 23.5 Å². The molecule has 0 radical (unpaired) electrons. The first kappa shape index (κ1) is 12.6. The Morgan fingerprint density at radius 3 is 2.36 bits per heavy atom. The number of ketones is 1. The van der Waals surface area contributed by atoms with Crippen molar-refractivity contribution in [2.24, 2.45) is 0 Å². The van der Waals surface area contributed by atoms with Gasteiger partial charge in [0.15, 0.2) is 5.78 Å². The first-order valence-electron chi connectivity index (χ1n) is 4.67. The average molecular weight is 195 g/mol. The third kappa shape index (κ3) is 2.83. The van der Waals surface area contributed by atoms with Crippen molar-refractivity contribution in [2.45, 2.75) is 27.7 Å². The van der Waals surface area contributed by atoms with Gasteiger partial charge < -0.3 is 4.74 Å². The molecule has 3 nitrogen and oxygen atoms in total. The van der Waals surface area contributed by atoms with Gasteiger partial charge in [0.25, 0.3) is 0 Å². The van der Waals surface area contributed by atoms with Crippen molar-refractivity contribution in [3.8, 4) is 5.75 Å². The van der Waals surface area contributed by atoms with E-state index in [-0.39, 0.29) is 5.78 Å². The molecule has 14 heavy (non-hydrogen) atoms. The largest absolute Gasteiger partial charge is 0.496 e. The Morgan fingerprint density at radius 1 is 1.43 bits per heavy atom. The normalized spacial score (nSPS) is 8.64. The molecule has 0 saturated heterocycles. The number of pyridine rings is 1. The molecule has 0 aliphatic carbocycles. The van der Waals surface area contributed by atoms with Gasteiger partial charge in [-0.15, -0.1) is 0 Å². The predicted octanol–water partition coefficient (Wildman–Crippen LogP) is 2.63. The Hall–Kier alpha value is -1.38. The fraction of sp³-hybridized carbons (Fsp3) is 0.455. The summed E-state index contributed by atoms with van der Waals surface area (Å²) in [7, 11) is 1.54. The number of ether oxygens (including phenoxy) is 1. The van der Waals surface area contributed by atoms with Crippen LogP contribution in [0.3, 0.4) is 0 Å². The van der Waals surface area contributed by atoms with Gasteiger partial charge in [-0.3, -0.25) is 9.78 Å². The van der Waals surface area contributed by atoms with Crippen LogP contribution in [0.5, 0.6) is 5.75 Å². The zero-order valence-electron chi connectivity index (χ0n) is 9.42. The van der Waals surface area contributed by atoms with Crippen LogP contribution in [0.2, 0.25) is 0 Å². The summed E-state index contributed by atoms with van der Waals surface area (Å²) < 4.78 is 5.03. The van der Waals surface area contributed by atoms with Gasteiger partial charge in [-0.2, -0.15) is 0 Å². The van der Waals surface area contributed by atoms with E-state index in [9.17, 15) is 4.79 Å². The smallest absolute Gasteiger partial charge is 0.165 e. The van der Waals surface area contributed by atoms with Gasteiger partial charge in [0.05, 0.1) is 18.4 Å². The quantitative estimate of drug-likeness (QED) is 0.681. The lowest BCUT2D eigenvalue weighted by Gasteiger charge is -2.06. The predicted molar refractivity (Wildman–Crippen MR) is 56.9 cm³/mol. The highest BCUT2D eigenvalue weighted by atomic mass is 16.5. The molecule has 0 aromatic carbocycles. The lowest BCUT2D eigenvalue weighted by atomic mass is 10.1. The summed E-state index contributed by atoms with van der Waals surface area (Å²) in [5, 5.41) is 0. The molecule has 0 atom stereocenters. The molecule has 0 unspecified atom stereocenters. The zero-order chi connectivity index (χ0) is 11.1. The number of aromatic nitrogens is 1. The van der Waals surface area contributed by atoms with Crippen molar-refractivity contribution in [2.75, 3.05) is 7.11 Å². The minimum Gasteiger partial charge on any atom is -0.496 e. The monoisotopic (exact) mass is 195 g/mol. The molecule has 0 aliphatic rings. The number of Topliss-reactive ketones (excluding diaryl/α,β-unsaturated/α-hetero) is 1. The van der Waals surface area contributed by atoms with E-state index in [0.717, 1.165) is 0 Å². The van der Waals surface area contributed by atoms with E-state index in [1.807, 2.05) is 13.8 Å². The van der Waals surface area contributed by atoms with E-state index in [4.69, 9.17) is 4.74 Å². The van der Waals surface area contributed by atoms with Crippen LogP contribution in [0.4, 0.5) is 0 Å². The average Bonchev–Trinajstić information content (AvgIpc) is 2.19. The molecule has 78 valence electrons. The maximum atomic E-state index is 11.1. The van der Waals surface area contributed by atoms with E-state index >= 15 is 0 Å². The first-order valence-corrected chi connectivity index (χ1v) is 4.67. The van der Waals surface area contributed by atoms with Crippen LogP contribution in [0.1, 0.15) is 36.8 Å². The van der Waals surface area contributed by atoms with Crippen molar-refractivity contribution in [1.29, 1.82) is 0 Å². The Bertz CT molecular complexity index is 308. The molecular weight excluding hydrogens is 178 g/mol. The molecular formula is C11H17NO2. The molecule has 1 heterocycles. The van der Waals surface area contributed by atoms with E-state index in [1.165, 1.54) is 6.92 Å². The lowest BCUT2D eigenvalue weighted by molar-refractivity contribution is 0.101. The summed E-state index contributed by atoms with van der Waals surface area (Å²) in [6.45, 7) is 7.30.